The van der Waals surface area contributed by atoms with Gasteiger partial charge in [-0.3, -0.25) is 4.79 Å². The first kappa shape index (κ1) is 24.0. The highest BCUT2D eigenvalue weighted by Crippen LogP contribution is 2.27. The van der Waals surface area contributed by atoms with Gasteiger partial charge in [0.1, 0.15) is 11.5 Å². The summed E-state index contributed by atoms with van der Waals surface area (Å²) in [5, 5.41) is 8.13. The molecule has 1 saturated heterocycles. The normalized spacial score (nSPS) is 14.7. The van der Waals surface area contributed by atoms with Crippen LogP contribution < -0.4 is 10.2 Å². The number of hydrogen-bond donors (Lipinski definition) is 2. The monoisotopic (exact) mass is 486 g/mol. The van der Waals surface area contributed by atoms with Crippen LogP contribution in [0.15, 0.2) is 30.5 Å². The minimum Gasteiger partial charge on any atom is -0.350 e. The molecule has 1 aliphatic heterocycles. The molecule has 5 rings (SSSR count). The van der Waals surface area contributed by atoms with Crippen molar-refractivity contribution >= 4 is 23.3 Å². The van der Waals surface area contributed by atoms with Gasteiger partial charge in [0, 0.05) is 43.4 Å². The van der Waals surface area contributed by atoms with Gasteiger partial charge in [0.05, 0.1) is 6.20 Å². The van der Waals surface area contributed by atoms with Crippen molar-refractivity contribution in [2.75, 3.05) is 23.3 Å². The molecule has 2 N–H and O–H groups in total. The van der Waals surface area contributed by atoms with Crippen LogP contribution in [0, 0.1) is 12.8 Å². The first-order valence-electron chi connectivity index (χ1n) is 12.7. The molecular weight excluding hydrogens is 452 g/mol. The van der Waals surface area contributed by atoms with E-state index in [4.69, 9.17) is 9.97 Å². The number of rotatable bonds is 7. The minimum atomic E-state index is -0.0479. The maximum absolute atomic E-state index is 11.9. The zero-order valence-corrected chi connectivity index (χ0v) is 21.7. The van der Waals surface area contributed by atoms with E-state index >= 15 is 0 Å². The van der Waals surface area contributed by atoms with Crippen LogP contribution in [0.4, 0.5) is 11.9 Å². The predicted molar refractivity (Wildman–Crippen MR) is 142 cm³/mol. The molecule has 1 fully saturated rings. The molecule has 0 atom stereocenters. The molecule has 1 aromatic carbocycles. The van der Waals surface area contributed by atoms with E-state index in [1.165, 1.54) is 6.92 Å². The maximum atomic E-state index is 11.9. The van der Waals surface area contributed by atoms with E-state index in [1.54, 1.807) is 4.52 Å². The molecule has 4 heterocycles. The van der Waals surface area contributed by atoms with E-state index < -0.39 is 0 Å². The Balaban J connectivity index is 1.49. The Bertz CT molecular complexity index is 1390. The number of H-pyrrole nitrogens is 1. The third-order valence-corrected chi connectivity index (χ3v) is 7.00. The summed E-state index contributed by atoms with van der Waals surface area (Å²) in [5.41, 5.74) is 5.18. The van der Waals surface area contributed by atoms with Crippen LogP contribution in [0.5, 0.6) is 0 Å². The Hall–Kier alpha value is -3.75. The number of ketones is 1. The summed E-state index contributed by atoms with van der Waals surface area (Å²) in [4.78, 5) is 31.9. The summed E-state index contributed by atoms with van der Waals surface area (Å²) in [6.07, 6.45) is 4.18. The molecule has 4 aromatic rings. The number of fused-ring (bicyclic) bond motifs is 1. The van der Waals surface area contributed by atoms with Crippen molar-refractivity contribution in [2.24, 2.45) is 5.92 Å². The third-order valence-electron chi connectivity index (χ3n) is 7.00. The van der Waals surface area contributed by atoms with Crippen LogP contribution in [-0.4, -0.2) is 48.4 Å². The fraction of sp³-hybridized carbons (Fsp3) is 0.444. The molecule has 0 amide bonds. The minimum absolute atomic E-state index is 0.0479. The molecule has 1 aliphatic rings. The predicted octanol–water partition coefficient (Wildman–Crippen LogP) is 5.00. The van der Waals surface area contributed by atoms with Gasteiger partial charge in [-0.15, -0.1) is 0 Å². The largest absolute Gasteiger partial charge is 0.350 e. The lowest BCUT2D eigenvalue weighted by Gasteiger charge is -2.30. The van der Waals surface area contributed by atoms with Gasteiger partial charge in [0.15, 0.2) is 11.4 Å². The molecule has 0 radical (unpaired) electrons. The van der Waals surface area contributed by atoms with Crippen molar-refractivity contribution in [3.8, 4) is 11.4 Å². The average molecular weight is 487 g/mol. The first-order valence-corrected chi connectivity index (χ1v) is 12.7. The molecular formula is C27H34N8O. The zero-order valence-electron chi connectivity index (χ0n) is 21.7. The number of aryl methyl sites for hydroxylation is 1. The quantitative estimate of drug-likeness (QED) is 0.354. The van der Waals surface area contributed by atoms with Crippen LogP contribution in [0.2, 0.25) is 0 Å². The molecule has 9 nitrogen and oxygen atoms in total. The van der Waals surface area contributed by atoms with Gasteiger partial charge in [-0.05, 0) is 37.2 Å². The zero-order chi connectivity index (χ0) is 25.4. The SMILES string of the molecule is CC(=O)c1nc(-c2ccccc2CNc2nc(N3CCC(C)CC3)nc3c(C(C)C)cnn23)[nH]c1C. The number of anilines is 2. The summed E-state index contributed by atoms with van der Waals surface area (Å²) in [6.45, 7) is 12.5. The fourth-order valence-corrected chi connectivity index (χ4v) is 4.77. The summed E-state index contributed by atoms with van der Waals surface area (Å²) in [6, 6.07) is 8.05. The van der Waals surface area contributed by atoms with Gasteiger partial charge >= 0.3 is 0 Å². The van der Waals surface area contributed by atoms with Crippen LogP contribution >= 0.6 is 0 Å². The van der Waals surface area contributed by atoms with Gasteiger partial charge in [0.25, 0.3) is 0 Å². The summed E-state index contributed by atoms with van der Waals surface area (Å²) < 4.78 is 1.80. The Morgan fingerprint density at radius 1 is 1.17 bits per heavy atom. The Kier molecular flexibility index (Phi) is 6.47. The highest BCUT2D eigenvalue weighted by atomic mass is 16.1. The van der Waals surface area contributed by atoms with E-state index in [9.17, 15) is 4.79 Å². The number of benzene rings is 1. The van der Waals surface area contributed by atoms with E-state index in [1.807, 2.05) is 31.3 Å². The number of carbonyl (C=O) groups excluding carboxylic acids is 1. The summed E-state index contributed by atoms with van der Waals surface area (Å²) in [5.74, 6) is 3.09. The van der Waals surface area contributed by atoms with Gasteiger partial charge in [-0.2, -0.15) is 19.6 Å². The van der Waals surface area contributed by atoms with Gasteiger partial charge < -0.3 is 15.2 Å². The number of nitrogens with one attached hydrogen (secondary N) is 2. The lowest BCUT2D eigenvalue weighted by atomic mass is 10.00. The highest BCUT2D eigenvalue weighted by Gasteiger charge is 2.22. The Labute approximate surface area is 211 Å². The number of carbonyl (C=O) groups is 1. The second-order valence-electron chi connectivity index (χ2n) is 10.1. The van der Waals surface area contributed by atoms with E-state index in [2.05, 4.69) is 52.1 Å². The van der Waals surface area contributed by atoms with E-state index in [-0.39, 0.29) is 5.78 Å². The van der Waals surface area contributed by atoms with Crippen molar-refractivity contribution in [1.29, 1.82) is 0 Å². The Morgan fingerprint density at radius 2 is 1.92 bits per heavy atom. The van der Waals surface area contributed by atoms with Crippen molar-refractivity contribution in [1.82, 2.24) is 29.5 Å². The maximum Gasteiger partial charge on any atom is 0.230 e. The second kappa shape index (κ2) is 9.72. The number of hydrogen-bond acceptors (Lipinski definition) is 7. The van der Waals surface area contributed by atoms with Crippen LogP contribution in [0.1, 0.15) is 73.8 Å². The van der Waals surface area contributed by atoms with Crippen LogP contribution in [-0.2, 0) is 6.54 Å². The molecule has 3 aromatic heterocycles. The smallest absolute Gasteiger partial charge is 0.230 e. The van der Waals surface area contributed by atoms with Crippen LogP contribution in [0.3, 0.4) is 0 Å². The number of imidazole rings is 1. The molecule has 0 aliphatic carbocycles. The van der Waals surface area contributed by atoms with Crippen molar-refractivity contribution < 1.29 is 4.79 Å². The fourth-order valence-electron chi connectivity index (χ4n) is 4.77. The highest BCUT2D eigenvalue weighted by molar-refractivity contribution is 5.94. The lowest BCUT2D eigenvalue weighted by Crippen LogP contribution is -2.34. The molecule has 0 saturated carbocycles. The van der Waals surface area contributed by atoms with Gasteiger partial charge in [0.2, 0.25) is 11.9 Å². The third kappa shape index (κ3) is 4.57. The summed E-state index contributed by atoms with van der Waals surface area (Å²) in [7, 11) is 0. The standard InChI is InChI=1S/C27H34N8O/c1-16(2)22-15-29-35-25(22)32-27(34-12-10-17(3)11-13-34)33-26(35)28-14-20-8-6-7-9-21(20)24-30-18(4)23(31-24)19(5)36/h6-9,15-17H,10-14H2,1-5H3,(H,30,31)(H,28,32,33). The number of aromatic nitrogens is 6. The van der Waals surface area contributed by atoms with Gasteiger partial charge in [-0.1, -0.05) is 45.0 Å². The molecule has 0 bridgehead atoms. The van der Waals surface area contributed by atoms with Crippen molar-refractivity contribution in [2.45, 2.75) is 59.9 Å². The first-order chi connectivity index (χ1) is 17.3. The number of aromatic amines is 1. The second-order valence-corrected chi connectivity index (χ2v) is 10.1. The number of piperidine rings is 1. The topological polar surface area (TPSA) is 104 Å². The summed E-state index contributed by atoms with van der Waals surface area (Å²) >= 11 is 0. The Morgan fingerprint density at radius 3 is 2.61 bits per heavy atom. The lowest BCUT2D eigenvalue weighted by molar-refractivity contribution is 0.101. The molecule has 188 valence electrons. The average Bonchev–Trinajstić information content (AvgIpc) is 3.47. The number of Topliss-reactive ketones (excluding diaryl/α,β-unsaturated/α-hetero) is 1. The van der Waals surface area contributed by atoms with Crippen LogP contribution in [0.25, 0.3) is 17.0 Å². The van der Waals surface area contributed by atoms with E-state index in [0.717, 1.165) is 65.8 Å². The molecule has 9 heteroatoms. The number of nitrogens with zero attached hydrogens (tertiary/aromatic N) is 6. The molecule has 0 unspecified atom stereocenters. The van der Waals surface area contributed by atoms with E-state index in [0.29, 0.717) is 29.9 Å². The molecule has 36 heavy (non-hydrogen) atoms. The van der Waals surface area contributed by atoms with Crippen molar-refractivity contribution in [3.63, 3.8) is 0 Å². The van der Waals surface area contributed by atoms with Crippen molar-refractivity contribution in [3.05, 3.63) is 53.0 Å². The molecule has 0 spiro atoms. The van der Waals surface area contributed by atoms with Gasteiger partial charge in [-0.25, -0.2) is 4.98 Å².